The molecule has 5 nitrogen and oxygen atoms in total. The number of hydrogen-bond donors (Lipinski definition) is 1. The van der Waals surface area contributed by atoms with Crippen molar-refractivity contribution in [1.82, 2.24) is 5.32 Å². The van der Waals surface area contributed by atoms with Crippen LogP contribution in [0, 0.1) is 0 Å². The van der Waals surface area contributed by atoms with Gasteiger partial charge in [-0.05, 0) is 67.1 Å². The van der Waals surface area contributed by atoms with Gasteiger partial charge in [0, 0.05) is 29.5 Å². The van der Waals surface area contributed by atoms with Gasteiger partial charge in [-0.15, -0.1) is 0 Å². The minimum absolute atomic E-state index is 0.0202. The Morgan fingerprint density at radius 1 is 0.943 bits per heavy atom. The lowest BCUT2D eigenvalue weighted by molar-refractivity contribution is 0.0973. The van der Waals surface area contributed by atoms with Gasteiger partial charge < -0.3 is 10.2 Å². The maximum Gasteiger partial charge on any atom is 0.322 e. The van der Waals surface area contributed by atoms with E-state index in [9.17, 15) is 9.59 Å². The second-order valence-corrected chi connectivity index (χ2v) is 10.2. The number of urea groups is 1. The first-order valence-corrected chi connectivity index (χ1v) is 12.4. The van der Waals surface area contributed by atoms with Crippen molar-refractivity contribution in [1.29, 1.82) is 0 Å². The van der Waals surface area contributed by atoms with Crippen LogP contribution in [0.15, 0.2) is 78.9 Å². The van der Waals surface area contributed by atoms with E-state index in [2.05, 4.69) is 33.0 Å². The monoisotopic (exact) mass is 469 g/mol. The molecule has 5 heteroatoms. The molecule has 2 unspecified atom stereocenters. The lowest BCUT2D eigenvalue weighted by atomic mass is 9.86. The number of nitrogens with zero attached hydrogens (tertiary/aromatic N) is 2. The molecular formula is C30H35N3O2. The second kappa shape index (κ2) is 9.95. The quantitative estimate of drug-likeness (QED) is 0.462. The largest absolute Gasteiger partial charge is 0.338 e. The fourth-order valence-electron chi connectivity index (χ4n) is 4.85. The standard InChI is InChI=1S/C30H35N3O2/c1-6-31-29(35)33(24-12-8-7-9-13-24)27-20-21(2)32(26-15-11-10-14-25(26)27)28(34)22-16-18-23(19-17-22)30(3,4)5/h7-19,21,27H,6,20H2,1-5H3,(H,31,35). The zero-order valence-corrected chi connectivity index (χ0v) is 21.3. The molecule has 1 aliphatic rings. The van der Waals surface area contributed by atoms with Gasteiger partial charge in [-0.2, -0.15) is 0 Å². The molecule has 1 N–H and O–H groups in total. The van der Waals surface area contributed by atoms with Crippen LogP contribution in [0.1, 0.15) is 68.6 Å². The summed E-state index contributed by atoms with van der Waals surface area (Å²) in [5.41, 5.74) is 4.55. The summed E-state index contributed by atoms with van der Waals surface area (Å²) < 4.78 is 0. The number of nitrogens with one attached hydrogen (secondary N) is 1. The Labute approximate surface area is 208 Å². The SMILES string of the molecule is CCNC(=O)N(c1ccccc1)C1CC(C)N(C(=O)c2ccc(C(C)(C)C)cc2)c2ccccc21. The third-order valence-corrected chi connectivity index (χ3v) is 6.67. The predicted molar refractivity (Wildman–Crippen MR) is 143 cm³/mol. The highest BCUT2D eigenvalue weighted by molar-refractivity contribution is 6.07. The Morgan fingerprint density at radius 3 is 2.20 bits per heavy atom. The van der Waals surface area contributed by atoms with Crippen LogP contribution in [0.2, 0.25) is 0 Å². The summed E-state index contributed by atoms with van der Waals surface area (Å²) in [6, 6.07) is 25.2. The Morgan fingerprint density at radius 2 is 1.57 bits per heavy atom. The first kappa shape index (κ1) is 24.5. The molecule has 0 saturated heterocycles. The van der Waals surface area contributed by atoms with Crippen molar-refractivity contribution in [3.63, 3.8) is 0 Å². The molecule has 0 aromatic heterocycles. The van der Waals surface area contributed by atoms with E-state index in [1.165, 1.54) is 5.56 Å². The van der Waals surface area contributed by atoms with E-state index in [-0.39, 0.29) is 29.4 Å². The van der Waals surface area contributed by atoms with Crippen molar-refractivity contribution >= 4 is 23.3 Å². The molecule has 4 rings (SSSR count). The zero-order chi connectivity index (χ0) is 25.2. The molecule has 0 radical (unpaired) electrons. The van der Waals surface area contributed by atoms with Crippen LogP contribution in [0.25, 0.3) is 0 Å². The van der Waals surface area contributed by atoms with Gasteiger partial charge in [0.2, 0.25) is 0 Å². The molecule has 35 heavy (non-hydrogen) atoms. The normalized spacial score (nSPS) is 17.5. The molecule has 2 atom stereocenters. The highest BCUT2D eigenvalue weighted by Crippen LogP contribution is 2.42. The molecule has 0 spiro atoms. The summed E-state index contributed by atoms with van der Waals surface area (Å²) in [5, 5.41) is 2.97. The second-order valence-electron chi connectivity index (χ2n) is 10.2. The van der Waals surface area contributed by atoms with E-state index >= 15 is 0 Å². The number of fused-ring (bicyclic) bond motifs is 1. The molecule has 0 bridgehead atoms. The van der Waals surface area contributed by atoms with Gasteiger partial charge in [-0.3, -0.25) is 9.69 Å². The summed E-state index contributed by atoms with van der Waals surface area (Å²) >= 11 is 0. The molecule has 3 aromatic rings. The van der Waals surface area contributed by atoms with Crippen molar-refractivity contribution in [2.24, 2.45) is 0 Å². The summed E-state index contributed by atoms with van der Waals surface area (Å²) in [4.78, 5) is 30.7. The Hall–Kier alpha value is -3.60. The van der Waals surface area contributed by atoms with Crippen LogP contribution in [0.4, 0.5) is 16.2 Å². The van der Waals surface area contributed by atoms with Gasteiger partial charge in [-0.1, -0.05) is 69.3 Å². The van der Waals surface area contributed by atoms with Gasteiger partial charge in [-0.25, -0.2) is 4.79 Å². The highest BCUT2D eigenvalue weighted by atomic mass is 16.2. The molecule has 1 heterocycles. The molecule has 3 amide bonds. The first-order valence-electron chi connectivity index (χ1n) is 12.4. The van der Waals surface area contributed by atoms with Crippen molar-refractivity contribution in [2.75, 3.05) is 16.3 Å². The number of benzene rings is 3. The van der Waals surface area contributed by atoms with E-state index in [0.29, 0.717) is 18.5 Å². The predicted octanol–water partition coefficient (Wildman–Crippen LogP) is 6.70. The molecule has 0 fully saturated rings. The number of para-hydroxylation sites is 2. The van der Waals surface area contributed by atoms with E-state index < -0.39 is 0 Å². The number of carbonyl (C=O) groups excluding carboxylic acids is 2. The number of amides is 3. The lowest BCUT2D eigenvalue weighted by Crippen LogP contribution is -2.49. The number of hydrogen-bond acceptors (Lipinski definition) is 2. The van der Waals surface area contributed by atoms with E-state index in [4.69, 9.17) is 0 Å². The summed E-state index contributed by atoms with van der Waals surface area (Å²) in [7, 11) is 0. The van der Waals surface area contributed by atoms with Crippen LogP contribution in [-0.4, -0.2) is 24.5 Å². The average Bonchev–Trinajstić information content (AvgIpc) is 2.84. The van der Waals surface area contributed by atoms with E-state index in [1.54, 1.807) is 0 Å². The van der Waals surface area contributed by atoms with Crippen LogP contribution in [0.3, 0.4) is 0 Å². The van der Waals surface area contributed by atoms with Crippen LogP contribution >= 0.6 is 0 Å². The Balaban J connectivity index is 1.74. The lowest BCUT2D eigenvalue weighted by Gasteiger charge is -2.43. The Bertz CT molecular complexity index is 1180. The molecule has 0 aliphatic carbocycles. The van der Waals surface area contributed by atoms with Gasteiger partial charge in [0.05, 0.1) is 6.04 Å². The van der Waals surface area contributed by atoms with Gasteiger partial charge >= 0.3 is 6.03 Å². The average molecular weight is 470 g/mol. The zero-order valence-electron chi connectivity index (χ0n) is 21.3. The summed E-state index contributed by atoms with van der Waals surface area (Å²) in [6.07, 6.45) is 0.634. The first-order chi connectivity index (χ1) is 16.7. The van der Waals surface area contributed by atoms with Crippen molar-refractivity contribution < 1.29 is 9.59 Å². The summed E-state index contributed by atoms with van der Waals surface area (Å²) in [6.45, 7) is 11.0. The number of carbonyl (C=O) groups is 2. The minimum atomic E-state index is -0.192. The highest BCUT2D eigenvalue weighted by Gasteiger charge is 2.38. The van der Waals surface area contributed by atoms with Crippen LogP contribution in [0.5, 0.6) is 0 Å². The smallest absolute Gasteiger partial charge is 0.322 e. The fraction of sp³-hybridized carbons (Fsp3) is 0.333. The van der Waals surface area contributed by atoms with Gasteiger partial charge in [0.1, 0.15) is 0 Å². The van der Waals surface area contributed by atoms with Crippen molar-refractivity contribution in [3.8, 4) is 0 Å². The minimum Gasteiger partial charge on any atom is -0.338 e. The van der Waals surface area contributed by atoms with E-state index in [1.807, 2.05) is 95.6 Å². The molecule has 1 aliphatic heterocycles. The fourth-order valence-corrected chi connectivity index (χ4v) is 4.85. The van der Waals surface area contributed by atoms with E-state index in [0.717, 1.165) is 16.9 Å². The molecule has 3 aromatic carbocycles. The Kier molecular flexibility index (Phi) is 6.97. The summed E-state index contributed by atoms with van der Waals surface area (Å²) in [5.74, 6) is -0.0202. The molecule has 182 valence electrons. The number of anilines is 2. The molecule has 0 saturated carbocycles. The maximum atomic E-state index is 13.7. The van der Waals surface area contributed by atoms with Crippen molar-refractivity contribution in [2.45, 2.75) is 58.5 Å². The topological polar surface area (TPSA) is 52.7 Å². The number of rotatable bonds is 4. The molecular weight excluding hydrogens is 434 g/mol. The van der Waals surface area contributed by atoms with Crippen LogP contribution in [-0.2, 0) is 5.41 Å². The van der Waals surface area contributed by atoms with Crippen molar-refractivity contribution in [3.05, 3.63) is 95.6 Å². The third-order valence-electron chi connectivity index (χ3n) is 6.67. The third kappa shape index (κ3) is 4.95. The maximum absolute atomic E-state index is 13.7. The van der Waals surface area contributed by atoms with Gasteiger partial charge in [0.15, 0.2) is 0 Å². The van der Waals surface area contributed by atoms with Gasteiger partial charge in [0.25, 0.3) is 5.91 Å². The van der Waals surface area contributed by atoms with Crippen LogP contribution < -0.4 is 15.1 Å².